The number of ether oxygens (including phenoxy) is 1. The van der Waals surface area contributed by atoms with Crippen molar-refractivity contribution < 1.29 is 9.13 Å². The van der Waals surface area contributed by atoms with Crippen LogP contribution < -0.4 is 15.4 Å². The number of aromatic nitrogens is 2. The minimum Gasteiger partial charge on any atom is -0.494 e. The van der Waals surface area contributed by atoms with E-state index in [0.717, 1.165) is 5.69 Å². The van der Waals surface area contributed by atoms with Crippen LogP contribution in [0.15, 0.2) is 24.3 Å². The van der Waals surface area contributed by atoms with Gasteiger partial charge in [0.2, 0.25) is 5.95 Å². The number of halogens is 1. The molecule has 0 spiro atoms. The highest BCUT2D eigenvalue weighted by Gasteiger charge is 2.05. The van der Waals surface area contributed by atoms with E-state index >= 15 is 0 Å². The number of aryl methyl sites for hydroxylation is 1. The largest absolute Gasteiger partial charge is 0.494 e. The van der Waals surface area contributed by atoms with E-state index in [2.05, 4.69) is 20.6 Å². The van der Waals surface area contributed by atoms with Gasteiger partial charge in [0.1, 0.15) is 5.82 Å². The summed E-state index contributed by atoms with van der Waals surface area (Å²) in [5.74, 6) is 0.939. The van der Waals surface area contributed by atoms with Crippen molar-refractivity contribution in [2.24, 2.45) is 0 Å². The van der Waals surface area contributed by atoms with Gasteiger partial charge in [0.25, 0.3) is 0 Å². The van der Waals surface area contributed by atoms with Gasteiger partial charge in [0.15, 0.2) is 11.6 Å². The highest BCUT2D eigenvalue weighted by atomic mass is 19.1. The summed E-state index contributed by atoms with van der Waals surface area (Å²) >= 11 is 0. The fraction of sp³-hybridized carbons (Fsp3) is 0.231. The van der Waals surface area contributed by atoms with E-state index in [-0.39, 0.29) is 5.75 Å². The Kier molecular flexibility index (Phi) is 3.79. The molecular weight excluding hydrogens is 247 g/mol. The average Bonchev–Trinajstić information content (AvgIpc) is 2.40. The Morgan fingerprint density at radius 3 is 2.68 bits per heavy atom. The summed E-state index contributed by atoms with van der Waals surface area (Å²) in [6.07, 6.45) is 0. The van der Waals surface area contributed by atoms with Gasteiger partial charge in [-0.25, -0.2) is 9.37 Å². The van der Waals surface area contributed by atoms with Crippen LogP contribution in [0.5, 0.6) is 5.75 Å². The van der Waals surface area contributed by atoms with Gasteiger partial charge in [-0.3, -0.25) is 0 Å². The number of rotatable bonds is 4. The van der Waals surface area contributed by atoms with Crippen LogP contribution in [0, 0.1) is 12.7 Å². The van der Waals surface area contributed by atoms with Crippen molar-refractivity contribution in [2.45, 2.75) is 6.92 Å². The number of hydrogen-bond acceptors (Lipinski definition) is 5. The molecule has 0 aliphatic rings. The number of anilines is 3. The molecule has 2 aromatic rings. The summed E-state index contributed by atoms with van der Waals surface area (Å²) in [4.78, 5) is 8.45. The van der Waals surface area contributed by atoms with E-state index < -0.39 is 5.82 Å². The van der Waals surface area contributed by atoms with Crippen LogP contribution in [0.4, 0.5) is 21.8 Å². The summed E-state index contributed by atoms with van der Waals surface area (Å²) < 4.78 is 18.2. The predicted molar refractivity (Wildman–Crippen MR) is 72.6 cm³/mol. The Bertz CT molecular complexity index is 589. The van der Waals surface area contributed by atoms with Crippen LogP contribution in [0.2, 0.25) is 0 Å². The molecule has 1 aromatic carbocycles. The highest BCUT2D eigenvalue weighted by molar-refractivity contribution is 5.59. The fourth-order valence-corrected chi connectivity index (χ4v) is 1.63. The first kappa shape index (κ1) is 13.1. The number of hydrogen-bond donors (Lipinski definition) is 2. The van der Waals surface area contributed by atoms with E-state index in [1.807, 2.05) is 6.92 Å². The first-order valence-corrected chi connectivity index (χ1v) is 5.76. The second-order valence-corrected chi connectivity index (χ2v) is 3.94. The van der Waals surface area contributed by atoms with Crippen molar-refractivity contribution in [1.29, 1.82) is 0 Å². The van der Waals surface area contributed by atoms with Crippen LogP contribution in [0.25, 0.3) is 0 Å². The Hall–Kier alpha value is -2.37. The lowest BCUT2D eigenvalue weighted by Crippen LogP contribution is -2.02. The zero-order valence-electron chi connectivity index (χ0n) is 11.0. The molecular formula is C13H15FN4O. The van der Waals surface area contributed by atoms with Gasteiger partial charge in [-0.2, -0.15) is 4.98 Å². The molecule has 0 amide bonds. The monoisotopic (exact) mass is 262 g/mol. The maximum Gasteiger partial charge on any atom is 0.224 e. The normalized spacial score (nSPS) is 10.1. The van der Waals surface area contributed by atoms with Crippen LogP contribution in [-0.2, 0) is 0 Å². The molecule has 0 atom stereocenters. The maximum absolute atomic E-state index is 13.3. The fourth-order valence-electron chi connectivity index (χ4n) is 1.63. The number of benzene rings is 1. The minimum atomic E-state index is -0.400. The van der Waals surface area contributed by atoms with Gasteiger partial charge >= 0.3 is 0 Å². The molecule has 0 radical (unpaired) electrons. The first-order chi connectivity index (χ1) is 9.12. The molecule has 1 aromatic heterocycles. The molecule has 0 saturated carbocycles. The summed E-state index contributed by atoms with van der Waals surface area (Å²) in [6, 6.07) is 6.34. The van der Waals surface area contributed by atoms with E-state index in [1.165, 1.54) is 13.2 Å². The lowest BCUT2D eigenvalue weighted by atomic mass is 10.3. The topological polar surface area (TPSA) is 59.1 Å². The van der Waals surface area contributed by atoms with Crippen molar-refractivity contribution in [3.8, 4) is 5.75 Å². The molecule has 19 heavy (non-hydrogen) atoms. The molecule has 1 heterocycles. The number of nitrogens with one attached hydrogen (secondary N) is 2. The molecule has 0 bridgehead atoms. The third-order valence-electron chi connectivity index (χ3n) is 2.50. The third-order valence-corrected chi connectivity index (χ3v) is 2.50. The summed E-state index contributed by atoms with van der Waals surface area (Å²) in [5.41, 5.74) is 1.52. The Labute approximate surface area is 110 Å². The number of methoxy groups -OCH3 is 1. The van der Waals surface area contributed by atoms with E-state index in [9.17, 15) is 4.39 Å². The van der Waals surface area contributed by atoms with Crippen LogP contribution in [-0.4, -0.2) is 24.1 Å². The standard InChI is InChI=1S/C13H15FN4O/c1-8-6-12(18-13(15-2)16-8)17-9-4-5-10(14)11(7-9)19-3/h4-7H,1-3H3,(H2,15,16,17,18). The van der Waals surface area contributed by atoms with Crippen LogP contribution in [0.1, 0.15) is 5.69 Å². The summed E-state index contributed by atoms with van der Waals surface area (Å²) in [6.45, 7) is 1.87. The van der Waals surface area contributed by atoms with Crippen LogP contribution in [0.3, 0.4) is 0 Å². The Morgan fingerprint density at radius 2 is 2.00 bits per heavy atom. The predicted octanol–water partition coefficient (Wildman–Crippen LogP) is 2.72. The van der Waals surface area contributed by atoms with Gasteiger partial charge in [0.05, 0.1) is 7.11 Å². The SMILES string of the molecule is CNc1nc(C)cc(Nc2ccc(F)c(OC)c2)n1. The molecule has 0 aliphatic carbocycles. The second kappa shape index (κ2) is 5.51. The maximum atomic E-state index is 13.3. The Morgan fingerprint density at radius 1 is 1.21 bits per heavy atom. The van der Waals surface area contributed by atoms with E-state index in [1.54, 1.807) is 25.2 Å². The molecule has 0 aliphatic heterocycles. The number of nitrogens with zero attached hydrogens (tertiary/aromatic N) is 2. The van der Waals surface area contributed by atoms with Gasteiger partial charge in [0, 0.05) is 30.6 Å². The molecule has 0 saturated heterocycles. The quantitative estimate of drug-likeness (QED) is 0.887. The zero-order valence-corrected chi connectivity index (χ0v) is 11.0. The highest BCUT2D eigenvalue weighted by Crippen LogP contribution is 2.24. The van der Waals surface area contributed by atoms with Gasteiger partial charge in [-0.05, 0) is 19.1 Å². The van der Waals surface area contributed by atoms with Crippen molar-refractivity contribution in [3.05, 3.63) is 35.8 Å². The van der Waals surface area contributed by atoms with Crippen molar-refractivity contribution in [1.82, 2.24) is 9.97 Å². The molecule has 6 heteroatoms. The lowest BCUT2D eigenvalue weighted by molar-refractivity contribution is 0.387. The van der Waals surface area contributed by atoms with E-state index in [0.29, 0.717) is 17.5 Å². The van der Waals surface area contributed by atoms with Crippen molar-refractivity contribution in [3.63, 3.8) is 0 Å². The summed E-state index contributed by atoms with van der Waals surface area (Å²) in [5, 5.41) is 5.96. The van der Waals surface area contributed by atoms with Crippen molar-refractivity contribution >= 4 is 17.5 Å². The second-order valence-electron chi connectivity index (χ2n) is 3.94. The first-order valence-electron chi connectivity index (χ1n) is 5.76. The Balaban J connectivity index is 2.28. The summed E-state index contributed by atoms with van der Waals surface area (Å²) in [7, 11) is 3.18. The molecule has 2 N–H and O–H groups in total. The van der Waals surface area contributed by atoms with Crippen LogP contribution >= 0.6 is 0 Å². The average molecular weight is 262 g/mol. The molecule has 5 nitrogen and oxygen atoms in total. The molecule has 0 unspecified atom stereocenters. The van der Waals surface area contributed by atoms with Gasteiger partial charge in [-0.15, -0.1) is 0 Å². The molecule has 0 fully saturated rings. The third kappa shape index (κ3) is 3.09. The molecule has 2 rings (SSSR count). The van der Waals surface area contributed by atoms with Crippen molar-refractivity contribution in [2.75, 3.05) is 24.8 Å². The van der Waals surface area contributed by atoms with Gasteiger partial charge < -0.3 is 15.4 Å². The van der Waals surface area contributed by atoms with E-state index in [4.69, 9.17) is 4.74 Å². The smallest absolute Gasteiger partial charge is 0.224 e. The zero-order chi connectivity index (χ0) is 13.8. The lowest BCUT2D eigenvalue weighted by Gasteiger charge is -2.09. The minimum absolute atomic E-state index is 0.185. The van der Waals surface area contributed by atoms with Gasteiger partial charge in [-0.1, -0.05) is 0 Å². The molecule has 100 valence electrons.